The Labute approximate surface area is 121 Å². The molecule has 0 bridgehead atoms. The maximum absolute atomic E-state index is 11.7. The number of rotatable bonds is 6. The molecule has 21 heavy (non-hydrogen) atoms. The Morgan fingerprint density at radius 1 is 1.33 bits per heavy atom. The van der Waals surface area contributed by atoms with Gasteiger partial charge in [0.05, 0.1) is 6.61 Å². The van der Waals surface area contributed by atoms with E-state index >= 15 is 0 Å². The van der Waals surface area contributed by atoms with Crippen molar-refractivity contribution in [1.29, 1.82) is 0 Å². The summed E-state index contributed by atoms with van der Waals surface area (Å²) in [4.78, 5) is 34.6. The zero-order valence-electron chi connectivity index (χ0n) is 11.8. The number of nitrogens with one attached hydrogen (secondary N) is 1. The van der Waals surface area contributed by atoms with E-state index in [0.29, 0.717) is 6.42 Å². The van der Waals surface area contributed by atoms with Gasteiger partial charge in [-0.1, -0.05) is 0 Å². The lowest BCUT2D eigenvalue weighted by molar-refractivity contribution is -0.165. The second-order valence-electron chi connectivity index (χ2n) is 4.85. The summed E-state index contributed by atoms with van der Waals surface area (Å²) in [7, 11) is 0. The van der Waals surface area contributed by atoms with Crippen LogP contribution in [0.5, 0.6) is 0 Å². The highest BCUT2D eigenvalue weighted by Gasteiger charge is 2.31. The Bertz CT molecular complexity index is 396. The summed E-state index contributed by atoms with van der Waals surface area (Å²) < 4.78 is 9.46. The maximum atomic E-state index is 11.7. The van der Waals surface area contributed by atoms with E-state index in [1.54, 1.807) is 0 Å². The largest absolute Gasteiger partial charge is 0.459 e. The third-order valence-corrected chi connectivity index (χ3v) is 3.13. The quantitative estimate of drug-likeness (QED) is 0.305. The molecule has 0 radical (unpaired) electrons. The first-order chi connectivity index (χ1) is 9.86. The van der Waals surface area contributed by atoms with Gasteiger partial charge in [-0.3, -0.25) is 4.79 Å². The van der Waals surface area contributed by atoms with Crippen LogP contribution in [0.25, 0.3) is 0 Å². The SMILES string of the molecule is C[C@@H](OC(=O)[C@@H]1CCCN1)[C@H](N)C(=O)OC(=O)[C@@H](N)CO. The van der Waals surface area contributed by atoms with Crippen LogP contribution < -0.4 is 16.8 Å². The fourth-order valence-electron chi connectivity index (χ4n) is 1.73. The van der Waals surface area contributed by atoms with Crippen molar-refractivity contribution >= 4 is 17.9 Å². The van der Waals surface area contributed by atoms with Gasteiger partial charge in [0.1, 0.15) is 24.2 Å². The number of carbonyl (C=O) groups excluding carboxylic acids is 3. The topological polar surface area (TPSA) is 154 Å². The van der Waals surface area contributed by atoms with Gasteiger partial charge in [0.2, 0.25) is 0 Å². The summed E-state index contributed by atoms with van der Waals surface area (Å²) in [6.45, 7) is 1.50. The molecule has 0 amide bonds. The molecule has 0 spiro atoms. The van der Waals surface area contributed by atoms with Crippen molar-refractivity contribution in [2.45, 2.75) is 44.0 Å². The lowest BCUT2D eigenvalue weighted by Gasteiger charge is -2.21. The van der Waals surface area contributed by atoms with Gasteiger partial charge in [0.25, 0.3) is 0 Å². The molecule has 6 N–H and O–H groups in total. The summed E-state index contributed by atoms with van der Waals surface area (Å²) >= 11 is 0. The number of ether oxygens (including phenoxy) is 2. The number of hydrogen-bond donors (Lipinski definition) is 4. The van der Waals surface area contributed by atoms with Crippen LogP contribution in [0.3, 0.4) is 0 Å². The van der Waals surface area contributed by atoms with E-state index in [-0.39, 0.29) is 0 Å². The summed E-state index contributed by atoms with van der Waals surface area (Å²) in [6, 6.07) is -3.04. The minimum absolute atomic E-state index is 0.403. The lowest BCUT2D eigenvalue weighted by atomic mass is 10.2. The van der Waals surface area contributed by atoms with Gasteiger partial charge >= 0.3 is 17.9 Å². The number of carbonyl (C=O) groups is 3. The van der Waals surface area contributed by atoms with E-state index in [1.807, 2.05) is 0 Å². The van der Waals surface area contributed by atoms with E-state index in [4.69, 9.17) is 21.3 Å². The summed E-state index contributed by atoms with van der Waals surface area (Å²) in [5, 5.41) is 11.6. The van der Waals surface area contributed by atoms with E-state index in [0.717, 1.165) is 13.0 Å². The molecule has 1 aliphatic heterocycles. The highest BCUT2D eigenvalue weighted by atomic mass is 16.6. The summed E-state index contributed by atoms with van der Waals surface area (Å²) in [5.74, 6) is -2.65. The Balaban J connectivity index is 2.45. The first-order valence-electron chi connectivity index (χ1n) is 6.68. The molecule has 1 aliphatic rings. The van der Waals surface area contributed by atoms with Crippen molar-refractivity contribution in [2.75, 3.05) is 13.2 Å². The van der Waals surface area contributed by atoms with Crippen LogP contribution in [0, 0.1) is 0 Å². The predicted molar refractivity (Wildman–Crippen MR) is 70.7 cm³/mol. The molecule has 0 aromatic carbocycles. The molecule has 9 heteroatoms. The molecule has 0 aromatic heterocycles. The molecule has 1 heterocycles. The van der Waals surface area contributed by atoms with Gasteiger partial charge in [-0.15, -0.1) is 0 Å². The van der Waals surface area contributed by atoms with E-state index in [1.165, 1.54) is 6.92 Å². The molecule has 0 aromatic rings. The first-order valence-corrected chi connectivity index (χ1v) is 6.68. The predicted octanol–water partition coefficient (Wildman–Crippen LogP) is -2.61. The van der Waals surface area contributed by atoms with Gasteiger partial charge in [0.15, 0.2) is 0 Å². The average Bonchev–Trinajstić information content (AvgIpc) is 2.99. The zero-order valence-corrected chi connectivity index (χ0v) is 11.8. The van der Waals surface area contributed by atoms with Crippen molar-refractivity contribution in [3.63, 3.8) is 0 Å². The molecule has 1 saturated heterocycles. The smallest absolute Gasteiger partial charge is 0.334 e. The van der Waals surface area contributed by atoms with E-state index < -0.39 is 48.7 Å². The Morgan fingerprint density at radius 3 is 2.52 bits per heavy atom. The first kappa shape index (κ1) is 17.5. The van der Waals surface area contributed by atoms with Crippen LogP contribution >= 0.6 is 0 Å². The minimum atomic E-state index is -1.32. The molecular weight excluding hydrogens is 282 g/mol. The van der Waals surface area contributed by atoms with Crippen molar-refractivity contribution in [2.24, 2.45) is 11.5 Å². The molecule has 0 saturated carbocycles. The monoisotopic (exact) mass is 303 g/mol. The van der Waals surface area contributed by atoms with Gasteiger partial charge in [-0.2, -0.15) is 0 Å². The number of aliphatic hydroxyl groups excluding tert-OH is 1. The van der Waals surface area contributed by atoms with Gasteiger partial charge in [-0.25, -0.2) is 9.59 Å². The van der Waals surface area contributed by atoms with Gasteiger partial charge in [0, 0.05) is 0 Å². The molecule has 120 valence electrons. The number of esters is 3. The second kappa shape index (κ2) is 8.03. The Morgan fingerprint density at radius 2 is 2.00 bits per heavy atom. The van der Waals surface area contributed by atoms with Crippen LogP contribution in [-0.2, 0) is 23.9 Å². The van der Waals surface area contributed by atoms with Crippen LogP contribution in [0.2, 0.25) is 0 Å². The fraction of sp³-hybridized carbons (Fsp3) is 0.750. The minimum Gasteiger partial charge on any atom is -0.459 e. The van der Waals surface area contributed by atoms with Crippen LogP contribution in [0.1, 0.15) is 19.8 Å². The van der Waals surface area contributed by atoms with Gasteiger partial charge < -0.3 is 31.4 Å². The lowest BCUT2D eigenvalue weighted by Crippen LogP contribution is -2.48. The van der Waals surface area contributed by atoms with E-state index in [9.17, 15) is 14.4 Å². The van der Waals surface area contributed by atoms with Crippen LogP contribution in [0.4, 0.5) is 0 Å². The van der Waals surface area contributed by atoms with Crippen LogP contribution in [0.15, 0.2) is 0 Å². The third kappa shape index (κ3) is 5.05. The molecule has 0 aliphatic carbocycles. The molecule has 9 nitrogen and oxygen atoms in total. The molecular formula is C12H21N3O6. The highest BCUT2D eigenvalue weighted by molar-refractivity contribution is 5.91. The van der Waals surface area contributed by atoms with Gasteiger partial charge in [-0.05, 0) is 26.3 Å². The number of hydrogen-bond acceptors (Lipinski definition) is 9. The maximum Gasteiger partial charge on any atom is 0.334 e. The molecule has 4 atom stereocenters. The van der Waals surface area contributed by atoms with Crippen LogP contribution in [-0.4, -0.2) is 60.4 Å². The highest BCUT2D eigenvalue weighted by Crippen LogP contribution is 2.09. The van der Waals surface area contributed by atoms with E-state index in [2.05, 4.69) is 10.1 Å². The third-order valence-electron chi connectivity index (χ3n) is 3.13. The second-order valence-corrected chi connectivity index (χ2v) is 4.85. The summed E-state index contributed by atoms with van der Waals surface area (Å²) in [5.41, 5.74) is 10.8. The van der Waals surface area contributed by atoms with Crippen molar-refractivity contribution in [3.8, 4) is 0 Å². The zero-order chi connectivity index (χ0) is 16.0. The average molecular weight is 303 g/mol. The molecule has 1 rings (SSSR count). The molecule has 1 fully saturated rings. The summed E-state index contributed by atoms with van der Waals surface area (Å²) in [6.07, 6.45) is 0.579. The molecule has 0 unspecified atom stereocenters. The van der Waals surface area contributed by atoms with Crippen molar-refractivity contribution < 1.29 is 29.0 Å². The fourth-order valence-corrected chi connectivity index (χ4v) is 1.73. The number of aliphatic hydroxyl groups is 1. The normalized spacial score (nSPS) is 22.2. The number of nitrogens with two attached hydrogens (primary N) is 2. The van der Waals surface area contributed by atoms with Crippen molar-refractivity contribution in [1.82, 2.24) is 5.32 Å². The van der Waals surface area contributed by atoms with Crippen molar-refractivity contribution in [3.05, 3.63) is 0 Å². The Kier molecular flexibility index (Phi) is 6.69. The standard InChI is InChI=1S/C12H21N3O6/c1-6(20-11(18)8-3-2-4-15-8)9(14)12(19)21-10(17)7(13)5-16/h6-9,15-16H,2-5,13-14H2,1H3/t6-,7+,8+,9+/m1/s1. The Hall–Kier alpha value is -1.55.